The van der Waals surface area contributed by atoms with Crippen LogP contribution >= 0.6 is 0 Å². The van der Waals surface area contributed by atoms with E-state index in [9.17, 15) is 4.79 Å². The Morgan fingerprint density at radius 1 is 1.20 bits per heavy atom. The molecule has 0 aromatic carbocycles. The third-order valence-electron chi connectivity index (χ3n) is 5.97. The van der Waals surface area contributed by atoms with Crippen LogP contribution in [-0.2, 0) is 17.6 Å². The summed E-state index contributed by atoms with van der Waals surface area (Å²) in [7, 11) is 0. The molecule has 1 N–H and O–H groups in total. The number of fused-ring (bicyclic) bond motifs is 2. The molecule has 1 aliphatic carbocycles. The molecule has 1 amide bonds. The molecule has 2 aromatic heterocycles. The maximum atomic E-state index is 11.4. The van der Waals surface area contributed by atoms with Crippen LogP contribution in [-0.4, -0.2) is 56.8 Å². The third-order valence-corrected chi connectivity index (χ3v) is 5.97. The molecule has 25 heavy (non-hydrogen) atoms. The molecule has 1 atom stereocenters. The molecule has 0 spiro atoms. The van der Waals surface area contributed by atoms with Crippen molar-refractivity contribution in [1.29, 1.82) is 0 Å². The highest BCUT2D eigenvalue weighted by molar-refractivity contribution is 5.78. The molecule has 5 rings (SSSR count). The lowest BCUT2D eigenvalue weighted by molar-refractivity contribution is -0.119. The molecule has 7 heteroatoms. The molecule has 0 saturated carbocycles. The van der Waals surface area contributed by atoms with Gasteiger partial charge in [-0.25, -0.2) is 0 Å². The third kappa shape index (κ3) is 2.80. The van der Waals surface area contributed by atoms with Crippen LogP contribution in [0.25, 0.3) is 5.65 Å². The van der Waals surface area contributed by atoms with Gasteiger partial charge in [0, 0.05) is 25.4 Å². The molecule has 0 bridgehead atoms. The van der Waals surface area contributed by atoms with Crippen molar-refractivity contribution in [1.82, 2.24) is 30.0 Å². The Labute approximate surface area is 146 Å². The molecule has 2 aromatic rings. The number of aryl methyl sites for hydroxylation is 2. The zero-order valence-electron chi connectivity index (χ0n) is 14.4. The van der Waals surface area contributed by atoms with E-state index in [1.807, 2.05) is 4.52 Å². The molecule has 7 nitrogen and oxygen atoms in total. The second kappa shape index (κ2) is 6.05. The van der Waals surface area contributed by atoms with Gasteiger partial charge in [0.05, 0.1) is 5.69 Å². The van der Waals surface area contributed by atoms with E-state index in [0.717, 1.165) is 63.3 Å². The van der Waals surface area contributed by atoms with Gasteiger partial charge in [0.15, 0.2) is 11.5 Å². The first-order valence-electron chi connectivity index (χ1n) is 9.49. The van der Waals surface area contributed by atoms with Gasteiger partial charge in [0.2, 0.25) is 5.91 Å². The molecule has 1 unspecified atom stereocenters. The average Bonchev–Trinajstić information content (AvgIpc) is 3.33. The molecule has 3 aliphatic rings. The van der Waals surface area contributed by atoms with Gasteiger partial charge in [-0.2, -0.15) is 9.61 Å². The summed E-state index contributed by atoms with van der Waals surface area (Å²) in [5.41, 5.74) is 3.47. The average molecular weight is 340 g/mol. The van der Waals surface area contributed by atoms with Crippen molar-refractivity contribution in [3.05, 3.63) is 23.1 Å². The number of nitrogens with one attached hydrogen (secondary N) is 1. The number of carbonyl (C=O) groups excluding carboxylic acids is 1. The number of amides is 1. The summed E-state index contributed by atoms with van der Waals surface area (Å²) in [4.78, 5) is 13.8. The van der Waals surface area contributed by atoms with Crippen LogP contribution in [0.2, 0.25) is 0 Å². The molecule has 2 aliphatic heterocycles. The predicted molar refractivity (Wildman–Crippen MR) is 92.3 cm³/mol. The van der Waals surface area contributed by atoms with Crippen LogP contribution in [0.1, 0.15) is 48.7 Å². The minimum Gasteiger partial charge on any atom is -0.356 e. The normalized spacial score (nSPS) is 24.8. The van der Waals surface area contributed by atoms with Crippen LogP contribution in [0.15, 0.2) is 6.07 Å². The van der Waals surface area contributed by atoms with Gasteiger partial charge in [-0.1, -0.05) is 0 Å². The van der Waals surface area contributed by atoms with Crippen LogP contribution < -0.4 is 5.32 Å². The van der Waals surface area contributed by atoms with Crippen molar-refractivity contribution in [3.63, 3.8) is 0 Å². The molecular weight excluding hydrogens is 316 g/mol. The summed E-state index contributed by atoms with van der Waals surface area (Å²) >= 11 is 0. The highest BCUT2D eigenvalue weighted by Gasteiger charge is 2.29. The molecule has 4 heterocycles. The Balaban J connectivity index is 1.28. The van der Waals surface area contributed by atoms with Crippen molar-refractivity contribution in [2.45, 2.75) is 44.4 Å². The van der Waals surface area contributed by atoms with Crippen molar-refractivity contribution >= 4 is 11.6 Å². The van der Waals surface area contributed by atoms with Gasteiger partial charge >= 0.3 is 0 Å². The summed E-state index contributed by atoms with van der Waals surface area (Å²) < 4.78 is 1.99. The lowest BCUT2D eigenvalue weighted by atomic mass is 9.95. The van der Waals surface area contributed by atoms with E-state index < -0.39 is 0 Å². The minimum atomic E-state index is 0.202. The molecular formula is C18H24N6O. The largest absolute Gasteiger partial charge is 0.356 e. The maximum absolute atomic E-state index is 11.4. The summed E-state index contributed by atoms with van der Waals surface area (Å²) in [6.45, 7) is 3.99. The van der Waals surface area contributed by atoms with Crippen LogP contribution in [0, 0.1) is 5.92 Å². The van der Waals surface area contributed by atoms with Gasteiger partial charge in [-0.3, -0.25) is 4.79 Å². The zero-order valence-corrected chi connectivity index (χ0v) is 14.4. The fraction of sp³-hybridized carbons (Fsp3) is 0.667. The topological polar surface area (TPSA) is 75.4 Å². The highest BCUT2D eigenvalue weighted by atomic mass is 16.1. The van der Waals surface area contributed by atoms with E-state index >= 15 is 0 Å². The standard InChI is InChI=1S/C18H24N6O/c25-17-8-12(10-19-17)11-23-6-4-13(5-7-23)18-21-20-16-9-14-2-1-3-15(14)22-24(16)18/h9,12-13H,1-8,10-11H2,(H,19,25). The van der Waals surface area contributed by atoms with Crippen molar-refractivity contribution < 1.29 is 4.79 Å². The quantitative estimate of drug-likeness (QED) is 0.900. The molecule has 132 valence electrons. The van der Waals surface area contributed by atoms with E-state index in [4.69, 9.17) is 5.10 Å². The number of likely N-dealkylation sites (tertiary alicyclic amines) is 1. The highest BCUT2D eigenvalue weighted by Crippen LogP contribution is 2.29. The SMILES string of the molecule is O=C1CC(CN2CCC(c3nnc4cc5c(nn34)CCC5)CC2)CN1. The second-order valence-electron chi connectivity index (χ2n) is 7.75. The smallest absolute Gasteiger partial charge is 0.220 e. The first-order valence-corrected chi connectivity index (χ1v) is 9.49. The number of piperidine rings is 1. The van der Waals surface area contributed by atoms with E-state index in [2.05, 4.69) is 26.5 Å². The predicted octanol–water partition coefficient (Wildman–Crippen LogP) is 0.928. The first-order chi connectivity index (χ1) is 12.3. The van der Waals surface area contributed by atoms with Gasteiger partial charge in [-0.15, -0.1) is 10.2 Å². The Hall–Kier alpha value is -2.02. The van der Waals surface area contributed by atoms with Crippen molar-refractivity contribution in [3.8, 4) is 0 Å². The number of hydrogen-bond acceptors (Lipinski definition) is 5. The monoisotopic (exact) mass is 340 g/mol. The maximum Gasteiger partial charge on any atom is 0.220 e. The van der Waals surface area contributed by atoms with Crippen LogP contribution in [0.4, 0.5) is 0 Å². The van der Waals surface area contributed by atoms with E-state index in [1.165, 1.54) is 17.7 Å². The minimum absolute atomic E-state index is 0.202. The number of nitrogens with zero attached hydrogens (tertiary/aromatic N) is 5. The van der Waals surface area contributed by atoms with Gasteiger partial charge in [-0.05, 0) is 62.7 Å². The van der Waals surface area contributed by atoms with E-state index in [-0.39, 0.29) is 5.91 Å². The molecule has 2 saturated heterocycles. The lowest BCUT2D eigenvalue weighted by Gasteiger charge is -2.32. The van der Waals surface area contributed by atoms with Gasteiger partial charge in [0.25, 0.3) is 0 Å². The first kappa shape index (κ1) is 15.3. The number of carbonyl (C=O) groups is 1. The summed E-state index contributed by atoms with van der Waals surface area (Å²) in [6.07, 6.45) is 6.27. The zero-order chi connectivity index (χ0) is 16.8. The Morgan fingerprint density at radius 2 is 2.08 bits per heavy atom. The lowest BCUT2D eigenvalue weighted by Crippen LogP contribution is -2.37. The molecule has 0 radical (unpaired) electrons. The number of rotatable bonds is 3. The fourth-order valence-corrected chi connectivity index (χ4v) is 4.58. The molecule has 2 fully saturated rings. The van der Waals surface area contributed by atoms with Gasteiger partial charge < -0.3 is 10.2 Å². The van der Waals surface area contributed by atoms with Gasteiger partial charge in [0.1, 0.15) is 0 Å². The van der Waals surface area contributed by atoms with Crippen molar-refractivity contribution in [2.75, 3.05) is 26.2 Å². The Morgan fingerprint density at radius 3 is 2.88 bits per heavy atom. The Kier molecular flexibility index (Phi) is 3.69. The number of hydrogen-bond donors (Lipinski definition) is 1. The Bertz CT molecular complexity index is 807. The summed E-state index contributed by atoms with van der Waals surface area (Å²) in [5.74, 6) is 2.14. The van der Waals surface area contributed by atoms with Crippen LogP contribution in [0.5, 0.6) is 0 Å². The fourth-order valence-electron chi connectivity index (χ4n) is 4.58. The summed E-state index contributed by atoms with van der Waals surface area (Å²) in [5, 5.41) is 16.6. The number of aromatic nitrogens is 4. The summed E-state index contributed by atoms with van der Waals surface area (Å²) in [6, 6.07) is 2.17. The van der Waals surface area contributed by atoms with Crippen LogP contribution in [0.3, 0.4) is 0 Å². The van der Waals surface area contributed by atoms with E-state index in [1.54, 1.807) is 0 Å². The van der Waals surface area contributed by atoms with E-state index in [0.29, 0.717) is 18.3 Å². The second-order valence-corrected chi connectivity index (χ2v) is 7.75. The van der Waals surface area contributed by atoms with Crippen molar-refractivity contribution in [2.24, 2.45) is 5.92 Å².